The molecule has 2 rings (SSSR count). The molecule has 1 aliphatic carbocycles. The lowest BCUT2D eigenvalue weighted by Gasteiger charge is -2.14. The van der Waals surface area contributed by atoms with E-state index in [1.807, 2.05) is 0 Å². The lowest BCUT2D eigenvalue weighted by Crippen LogP contribution is -2.35. The number of carbonyl (C=O) groups excluding carboxylic acids is 1. The topological polar surface area (TPSA) is 61.4 Å². The van der Waals surface area contributed by atoms with Crippen molar-refractivity contribution in [3.8, 4) is 0 Å². The fourth-order valence-electron chi connectivity index (χ4n) is 1.65. The Kier molecular flexibility index (Phi) is 3.91. The molecule has 0 heterocycles. The van der Waals surface area contributed by atoms with Crippen molar-refractivity contribution in [3.05, 3.63) is 28.8 Å². The maximum absolute atomic E-state index is 13.4. The van der Waals surface area contributed by atoms with Crippen LogP contribution in [0.25, 0.3) is 0 Å². The average molecular weight is 291 g/mol. The molecule has 0 atom stereocenters. The molecule has 104 valence electrons. The standard InChI is InChI=1S/C12H13ClF2N2O2/c13-8-3-7(14)4-9(15)10(8)17-11(19)16-5-12(6-18)1-2-12/h3-4,18H,1-2,5-6H2,(H2,16,17,19). The Bertz CT molecular complexity index is 483. The number of benzene rings is 1. The number of hydrogen-bond donors (Lipinski definition) is 3. The molecule has 1 aromatic rings. The van der Waals surface area contributed by atoms with E-state index in [-0.39, 0.29) is 22.7 Å². The molecule has 1 aliphatic rings. The van der Waals surface area contributed by atoms with Crippen molar-refractivity contribution in [2.24, 2.45) is 5.41 Å². The molecule has 0 radical (unpaired) electrons. The number of halogens is 3. The highest BCUT2D eigenvalue weighted by Gasteiger charge is 2.42. The fourth-order valence-corrected chi connectivity index (χ4v) is 1.90. The Hall–Kier alpha value is -1.40. The van der Waals surface area contributed by atoms with E-state index >= 15 is 0 Å². The molecule has 3 N–H and O–H groups in total. The second-order valence-electron chi connectivity index (χ2n) is 4.71. The summed E-state index contributed by atoms with van der Waals surface area (Å²) in [5.74, 6) is -1.76. The van der Waals surface area contributed by atoms with Gasteiger partial charge >= 0.3 is 6.03 Å². The summed E-state index contributed by atoms with van der Waals surface area (Å²) in [5, 5.41) is 13.6. The number of anilines is 1. The number of rotatable bonds is 4. The summed E-state index contributed by atoms with van der Waals surface area (Å²) in [6.45, 7) is 0.300. The van der Waals surface area contributed by atoms with E-state index in [9.17, 15) is 13.6 Å². The monoisotopic (exact) mass is 290 g/mol. The third-order valence-corrected chi connectivity index (χ3v) is 3.46. The van der Waals surface area contributed by atoms with Crippen LogP contribution in [0.2, 0.25) is 5.02 Å². The van der Waals surface area contributed by atoms with Gasteiger partial charge < -0.3 is 15.7 Å². The van der Waals surface area contributed by atoms with E-state index in [2.05, 4.69) is 10.6 Å². The maximum Gasteiger partial charge on any atom is 0.319 e. The average Bonchev–Trinajstić information content (AvgIpc) is 3.12. The smallest absolute Gasteiger partial charge is 0.319 e. The van der Waals surface area contributed by atoms with E-state index < -0.39 is 17.7 Å². The zero-order valence-electron chi connectivity index (χ0n) is 9.97. The molecule has 4 nitrogen and oxygen atoms in total. The van der Waals surface area contributed by atoms with Crippen molar-refractivity contribution < 1.29 is 18.7 Å². The minimum Gasteiger partial charge on any atom is -0.396 e. The van der Waals surface area contributed by atoms with Crippen LogP contribution in [0.3, 0.4) is 0 Å². The normalized spacial score (nSPS) is 16.0. The van der Waals surface area contributed by atoms with Gasteiger partial charge in [-0.25, -0.2) is 13.6 Å². The van der Waals surface area contributed by atoms with E-state index in [1.165, 1.54) is 0 Å². The van der Waals surface area contributed by atoms with Gasteiger partial charge in [-0.05, 0) is 18.9 Å². The molecule has 1 aromatic carbocycles. The van der Waals surface area contributed by atoms with Crippen LogP contribution in [0.5, 0.6) is 0 Å². The lowest BCUT2D eigenvalue weighted by atomic mass is 10.1. The number of amides is 2. The Morgan fingerprint density at radius 3 is 2.63 bits per heavy atom. The summed E-state index contributed by atoms with van der Waals surface area (Å²) in [6.07, 6.45) is 1.69. The quantitative estimate of drug-likeness (QED) is 0.798. The van der Waals surface area contributed by atoms with Crippen LogP contribution in [-0.2, 0) is 0 Å². The van der Waals surface area contributed by atoms with Gasteiger partial charge in [-0.1, -0.05) is 11.6 Å². The van der Waals surface area contributed by atoms with Crippen molar-refractivity contribution in [2.75, 3.05) is 18.5 Å². The van der Waals surface area contributed by atoms with Crippen LogP contribution in [0.15, 0.2) is 12.1 Å². The third-order valence-electron chi connectivity index (χ3n) is 3.16. The second kappa shape index (κ2) is 5.30. The first kappa shape index (κ1) is 14.0. The maximum atomic E-state index is 13.4. The number of urea groups is 1. The van der Waals surface area contributed by atoms with Gasteiger partial charge in [0.2, 0.25) is 0 Å². The Labute approximate surface area is 113 Å². The van der Waals surface area contributed by atoms with Gasteiger partial charge in [0.15, 0.2) is 5.82 Å². The van der Waals surface area contributed by atoms with Gasteiger partial charge in [-0.3, -0.25) is 0 Å². The first-order chi connectivity index (χ1) is 8.96. The molecular formula is C12H13ClF2N2O2. The molecule has 0 aliphatic heterocycles. The number of aliphatic hydroxyl groups is 1. The molecule has 0 aromatic heterocycles. The van der Waals surface area contributed by atoms with Crippen molar-refractivity contribution >= 4 is 23.3 Å². The molecule has 0 bridgehead atoms. The largest absolute Gasteiger partial charge is 0.396 e. The van der Waals surface area contributed by atoms with Crippen molar-refractivity contribution in [2.45, 2.75) is 12.8 Å². The van der Waals surface area contributed by atoms with Gasteiger partial charge in [0.25, 0.3) is 0 Å². The van der Waals surface area contributed by atoms with Crippen LogP contribution >= 0.6 is 11.6 Å². The number of nitrogens with one attached hydrogen (secondary N) is 2. The van der Waals surface area contributed by atoms with E-state index in [0.717, 1.165) is 18.9 Å². The van der Waals surface area contributed by atoms with Crippen LogP contribution in [-0.4, -0.2) is 24.3 Å². The minimum atomic E-state index is -0.941. The number of hydrogen-bond acceptors (Lipinski definition) is 2. The second-order valence-corrected chi connectivity index (χ2v) is 5.12. The molecule has 0 saturated heterocycles. The zero-order valence-corrected chi connectivity index (χ0v) is 10.7. The van der Waals surface area contributed by atoms with Crippen LogP contribution < -0.4 is 10.6 Å². The first-order valence-corrected chi connectivity index (χ1v) is 6.14. The minimum absolute atomic E-state index is 0.00105. The Morgan fingerprint density at radius 1 is 1.42 bits per heavy atom. The molecular weight excluding hydrogens is 278 g/mol. The third kappa shape index (κ3) is 3.33. The first-order valence-electron chi connectivity index (χ1n) is 5.76. The predicted molar refractivity (Wildman–Crippen MR) is 67.1 cm³/mol. The molecule has 0 spiro atoms. The highest BCUT2D eigenvalue weighted by Crippen LogP contribution is 2.44. The van der Waals surface area contributed by atoms with Gasteiger partial charge in [0.1, 0.15) is 5.82 Å². The number of carbonyl (C=O) groups is 1. The lowest BCUT2D eigenvalue weighted by molar-refractivity contribution is 0.206. The van der Waals surface area contributed by atoms with Gasteiger partial charge in [0.05, 0.1) is 17.3 Å². The highest BCUT2D eigenvalue weighted by molar-refractivity contribution is 6.33. The predicted octanol–water partition coefficient (Wildman–Crippen LogP) is 2.51. The van der Waals surface area contributed by atoms with E-state index in [0.29, 0.717) is 12.6 Å². The highest BCUT2D eigenvalue weighted by atomic mass is 35.5. The molecule has 2 amide bonds. The van der Waals surface area contributed by atoms with Gasteiger partial charge in [-0.15, -0.1) is 0 Å². The number of aliphatic hydroxyl groups excluding tert-OH is 1. The summed E-state index contributed by atoms with van der Waals surface area (Å²) < 4.78 is 26.2. The van der Waals surface area contributed by atoms with Crippen LogP contribution in [0.1, 0.15) is 12.8 Å². The molecule has 7 heteroatoms. The molecule has 1 saturated carbocycles. The summed E-state index contributed by atoms with van der Waals surface area (Å²) in [7, 11) is 0. The zero-order chi connectivity index (χ0) is 14.0. The Balaban J connectivity index is 1.95. The van der Waals surface area contributed by atoms with E-state index in [1.54, 1.807) is 0 Å². The molecule has 19 heavy (non-hydrogen) atoms. The summed E-state index contributed by atoms with van der Waals surface area (Å²) in [4.78, 5) is 11.6. The SMILES string of the molecule is O=C(NCC1(CO)CC1)Nc1c(F)cc(F)cc1Cl. The van der Waals surface area contributed by atoms with Gasteiger partial charge in [-0.2, -0.15) is 0 Å². The van der Waals surface area contributed by atoms with Crippen LogP contribution in [0.4, 0.5) is 19.3 Å². The van der Waals surface area contributed by atoms with Crippen molar-refractivity contribution in [1.29, 1.82) is 0 Å². The van der Waals surface area contributed by atoms with Crippen molar-refractivity contribution in [1.82, 2.24) is 5.32 Å². The summed E-state index contributed by atoms with van der Waals surface area (Å²) >= 11 is 5.65. The molecule has 1 fully saturated rings. The van der Waals surface area contributed by atoms with E-state index in [4.69, 9.17) is 16.7 Å². The molecule has 0 unspecified atom stereocenters. The van der Waals surface area contributed by atoms with Crippen molar-refractivity contribution in [3.63, 3.8) is 0 Å². The van der Waals surface area contributed by atoms with Crippen LogP contribution in [0, 0.1) is 17.0 Å². The summed E-state index contributed by atoms with van der Waals surface area (Å²) in [6, 6.07) is 0.903. The fraction of sp³-hybridized carbons (Fsp3) is 0.417. The Morgan fingerprint density at radius 2 is 2.11 bits per heavy atom. The summed E-state index contributed by atoms with van der Waals surface area (Å²) in [5.41, 5.74) is -0.517. The van der Waals surface area contributed by atoms with Gasteiger partial charge in [0, 0.05) is 18.0 Å².